The highest BCUT2D eigenvalue weighted by Crippen LogP contribution is 2.37. The van der Waals surface area contributed by atoms with Gasteiger partial charge in [0.05, 0.1) is 27.8 Å². The molecule has 4 heterocycles. The molecule has 0 fully saturated rings. The molecular weight excluding hydrogens is 747 g/mol. The molecule has 5 aromatic carbocycles. The minimum atomic E-state index is -0.788. The monoisotopic (exact) mass is 803 g/mol. The molecule has 0 atom stereocenters. The van der Waals surface area contributed by atoms with Gasteiger partial charge in [-0.25, -0.2) is 4.98 Å². The van der Waals surface area contributed by atoms with Gasteiger partial charge in [-0.1, -0.05) is 115 Å². The molecule has 0 amide bonds. The van der Waals surface area contributed by atoms with E-state index < -0.39 is 11.8 Å². The molecular formula is C55H55N5O. The van der Waals surface area contributed by atoms with Gasteiger partial charge < -0.3 is 4.74 Å². The summed E-state index contributed by atoms with van der Waals surface area (Å²) in [6.45, 7) is 15.0. The van der Waals surface area contributed by atoms with Gasteiger partial charge in [-0.05, 0) is 125 Å². The molecule has 0 bridgehead atoms. The Morgan fingerprint density at radius 2 is 1.26 bits per heavy atom. The second-order valence-electron chi connectivity index (χ2n) is 16.9. The number of hydrogen-bond acceptors (Lipinski definition) is 3. The van der Waals surface area contributed by atoms with Crippen LogP contribution in [0.5, 0.6) is 11.5 Å². The molecule has 0 aliphatic carbocycles. The van der Waals surface area contributed by atoms with Crippen molar-refractivity contribution >= 4 is 32.8 Å². The molecule has 9 rings (SSSR count). The third kappa shape index (κ3) is 7.61. The number of pyridine rings is 2. The average Bonchev–Trinajstić information content (AvgIpc) is 3.86. The maximum atomic E-state index is 9.52. The number of nitrogens with zero attached hydrogens (tertiary/aromatic N) is 5. The van der Waals surface area contributed by atoms with E-state index in [1.54, 1.807) is 6.20 Å². The quantitative estimate of drug-likeness (QED) is 0.0913. The van der Waals surface area contributed by atoms with Crippen LogP contribution in [0.25, 0.3) is 61.3 Å². The first-order valence-electron chi connectivity index (χ1n) is 22.7. The Morgan fingerprint density at radius 1 is 0.607 bits per heavy atom. The number of hydrogen-bond donors (Lipinski definition) is 0. The second kappa shape index (κ2) is 16.5. The minimum absolute atomic E-state index is 0.0302. The van der Waals surface area contributed by atoms with E-state index in [0.717, 1.165) is 66.6 Å². The lowest BCUT2D eigenvalue weighted by molar-refractivity contribution is -0.572. The van der Waals surface area contributed by atoms with E-state index in [4.69, 9.17) is 14.7 Å². The topological polar surface area (TPSA) is 48.8 Å². The predicted octanol–water partition coefficient (Wildman–Crippen LogP) is 14.2. The normalized spacial score (nSPS) is 12.9. The van der Waals surface area contributed by atoms with Crippen LogP contribution in [0, 0.1) is 6.33 Å². The number of imidazole rings is 1. The standard InChI is InChI=1S/C55H55N5O/c1-8-37(9-2)41-29-42(38(10-3)11-4)31-44(30-41)58-36-59(52-32-40(21-24-50(52)58)39-17-13-12-14-18-39)53-35-46(26-28-56-53)61-45-22-23-48-47-19-15-16-20-49(47)60(51(48)34-45)54-33-43(25-27-57-54)55(5,6)7/h12-35,37-38H,8-11H2,1-7H3/i37D,38D. The van der Waals surface area contributed by atoms with Crippen molar-refractivity contribution in [3.05, 3.63) is 169 Å². The minimum Gasteiger partial charge on any atom is -0.458 e. The van der Waals surface area contributed by atoms with E-state index in [9.17, 15) is 2.74 Å². The highest BCUT2D eigenvalue weighted by atomic mass is 16.5. The molecule has 0 saturated heterocycles. The average molecular weight is 804 g/mol. The largest absolute Gasteiger partial charge is 0.458 e. The fourth-order valence-electron chi connectivity index (χ4n) is 8.74. The highest BCUT2D eigenvalue weighted by molar-refractivity contribution is 6.09. The number of aromatic nitrogens is 5. The van der Waals surface area contributed by atoms with Gasteiger partial charge in [0.25, 0.3) is 6.33 Å². The Kier molecular flexibility index (Phi) is 10.1. The number of rotatable bonds is 12. The molecule has 4 aromatic heterocycles. The maximum Gasteiger partial charge on any atom is 0.271 e. The summed E-state index contributed by atoms with van der Waals surface area (Å²) in [6, 6.07) is 46.0. The summed E-state index contributed by atoms with van der Waals surface area (Å²) in [5.41, 5.74) is 10.0. The van der Waals surface area contributed by atoms with Crippen LogP contribution < -0.4 is 9.30 Å². The van der Waals surface area contributed by atoms with E-state index in [2.05, 4.69) is 173 Å². The fraction of sp³-hybridized carbons (Fsp3) is 0.255. The summed E-state index contributed by atoms with van der Waals surface area (Å²) in [4.78, 5) is 9.77. The fourth-order valence-corrected chi connectivity index (χ4v) is 8.74. The van der Waals surface area contributed by atoms with Crippen LogP contribution in [0.2, 0.25) is 0 Å². The molecule has 0 unspecified atom stereocenters. The van der Waals surface area contributed by atoms with Crippen LogP contribution in [-0.2, 0) is 5.41 Å². The van der Waals surface area contributed by atoms with Crippen LogP contribution in [0.15, 0.2) is 146 Å². The Hall–Kier alpha value is -6.53. The predicted molar refractivity (Wildman–Crippen MR) is 251 cm³/mol. The SMILES string of the molecule is [2H]C(CC)(CC)c1cc(-[n+]2[c-]n(-c3cc(Oc4ccc5c6ccccc6n(-c6cc(C(C)(C)C)ccn6)c5c4)ccn3)c3cc(-c4ccccc4)ccc32)cc(C([2H])(CC)CC)c1. The smallest absolute Gasteiger partial charge is 0.271 e. The van der Waals surface area contributed by atoms with Crippen molar-refractivity contribution in [3.8, 4) is 39.9 Å². The van der Waals surface area contributed by atoms with Crippen molar-refractivity contribution in [3.63, 3.8) is 0 Å². The van der Waals surface area contributed by atoms with E-state index in [-0.39, 0.29) is 5.41 Å². The number of fused-ring (bicyclic) bond motifs is 4. The van der Waals surface area contributed by atoms with Crippen molar-refractivity contribution in [1.29, 1.82) is 0 Å². The zero-order chi connectivity index (χ0) is 44.1. The molecule has 6 heteroatoms. The number of benzene rings is 5. The Morgan fingerprint density at radius 3 is 1.98 bits per heavy atom. The van der Waals surface area contributed by atoms with E-state index in [0.29, 0.717) is 43.0 Å². The molecule has 0 spiro atoms. The van der Waals surface area contributed by atoms with Gasteiger partial charge in [-0.15, -0.1) is 0 Å². The van der Waals surface area contributed by atoms with Crippen LogP contribution in [-0.4, -0.2) is 19.1 Å². The van der Waals surface area contributed by atoms with Crippen molar-refractivity contribution < 1.29 is 12.0 Å². The molecule has 306 valence electrons. The zero-order valence-corrected chi connectivity index (χ0v) is 36.3. The van der Waals surface area contributed by atoms with Crippen molar-refractivity contribution in [1.82, 2.24) is 19.1 Å². The molecule has 0 radical (unpaired) electrons. The van der Waals surface area contributed by atoms with Gasteiger partial charge in [0.15, 0.2) is 5.82 Å². The Balaban J connectivity index is 1.18. The molecule has 9 aromatic rings. The lowest BCUT2D eigenvalue weighted by atomic mass is 9.87. The van der Waals surface area contributed by atoms with Gasteiger partial charge in [-0.2, -0.15) is 0 Å². The molecule has 0 aliphatic heterocycles. The summed E-state index contributed by atoms with van der Waals surface area (Å²) in [7, 11) is 0. The van der Waals surface area contributed by atoms with Gasteiger partial charge in [-0.3, -0.25) is 18.7 Å². The first-order valence-corrected chi connectivity index (χ1v) is 21.7. The third-order valence-corrected chi connectivity index (χ3v) is 12.1. The second-order valence-corrected chi connectivity index (χ2v) is 16.9. The van der Waals surface area contributed by atoms with E-state index in [1.807, 2.05) is 35.0 Å². The van der Waals surface area contributed by atoms with Crippen molar-refractivity contribution in [2.75, 3.05) is 0 Å². The summed E-state index contributed by atoms with van der Waals surface area (Å²) < 4.78 is 32.1. The van der Waals surface area contributed by atoms with Crippen LogP contribution in [0.3, 0.4) is 0 Å². The molecule has 61 heavy (non-hydrogen) atoms. The Bertz CT molecular complexity index is 3080. The first kappa shape index (κ1) is 37.5. The van der Waals surface area contributed by atoms with Gasteiger partial charge >= 0.3 is 0 Å². The number of ether oxygens (including phenoxy) is 1. The summed E-state index contributed by atoms with van der Waals surface area (Å²) in [5.74, 6) is 1.26. The molecule has 0 N–H and O–H groups in total. The van der Waals surface area contributed by atoms with Gasteiger partial charge in [0.1, 0.15) is 17.3 Å². The highest BCUT2D eigenvalue weighted by Gasteiger charge is 2.21. The van der Waals surface area contributed by atoms with Crippen LogP contribution in [0.1, 0.15) is 105 Å². The van der Waals surface area contributed by atoms with Gasteiger partial charge in [0, 0.05) is 38.0 Å². The Labute approximate surface area is 363 Å². The molecule has 0 saturated carbocycles. The lowest BCUT2D eigenvalue weighted by Gasteiger charge is -2.20. The molecule has 0 aliphatic rings. The van der Waals surface area contributed by atoms with Crippen molar-refractivity contribution in [2.45, 2.75) is 91.4 Å². The van der Waals surface area contributed by atoms with Crippen LogP contribution in [0.4, 0.5) is 0 Å². The maximum absolute atomic E-state index is 9.52. The number of para-hydroxylation sites is 1. The van der Waals surface area contributed by atoms with Crippen molar-refractivity contribution in [2.24, 2.45) is 0 Å². The first-order chi connectivity index (χ1) is 30.4. The molecule has 6 nitrogen and oxygen atoms in total. The lowest BCUT2D eigenvalue weighted by Crippen LogP contribution is -2.30. The summed E-state index contributed by atoms with van der Waals surface area (Å²) >= 11 is 0. The summed E-state index contributed by atoms with van der Waals surface area (Å²) in [6.07, 6.45) is 10.0. The zero-order valence-electron chi connectivity index (χ0n) is 38.3. The summed E-state index contributed by atoms with van der Waals surface area (Å²) in [5, 5.41) is 2.27. The van der Waals surface area contributed by atoms with E-state index in [1.165, 1.54) is 5.56 Å². The van der Waals surface area contributed by atoms with Gasteiger partial charge in [0.2, 0.25) is 0 Å². The third-order valence-electron chi connectivity index (χ3n) is 12.1. The van der Waals surface area contributed by atoms with Crippen LogP contribution >= 0.6 is 0 Å². The van der Waals surface area contributed by atoms with E-state index >= 15 is 0 Å².